The first-order valence-electron chi connectivity index (χ1n) is 16.2. The molecule has 3 aromatic rings. The highest BCUT2D eigenvalue weighted by atomic mass is 16.3. The number of hydrogen-bond donors (Lipinski definition) is 3. The molecule has 2 aliphatic heterocycles. The molecule has 7 rings (SSSR count). The van der Waals surface area contributed by atoms with E-state index in [4.69, 9.17) is 0 Å². The Morgan fingerprint density at radius 3 is 2.05 bits per heavy atom. The molecular formula is C37H47N3O2. The minimum atomic E-state index is -1.35. The summed E-state index contributed by atoms with van der Waals surface area (Å²) in [7, 11) is 0. The average Bonchev–Trinajstić information content (AvgIpc) is 3.04. The summed E-state index contributed by atoms with van der Waals surface area (Å²) in [6, 6.07) is 28.6. The Morgan fingerprint density at radius 2 is 1.43 bits per heavy atom. The van der Waals surface area contributed by atoms with Gasteiger partial charge in [0.25, 0.3) is 0 Å². The fraction of sp³-hybridized carbons (Fsp3) is 0.486. The van der Waals surface area contributed by atoms with Gasteiger partial charge in [0, 0.05) is 18.6 Å². The van der Waals surface area contributed by atoms with Gasteiger partial charge < -0.3 is 15.7 Å². The highest BCUT2D eigenvalue weighted by Crippen LogP contribution is 2.47. The molecule has 0 aromatic heterocycles. The van der Waals surface area contributed by atoms with Crippen LogP contribution >= 0.6 is 0 Å². The van der Waals surface area contributed by atoms with Crippen molar-refractivity contribution in [1.29, 1.82) is 0 Å². The fourth-order valence-electron chi connectivity index (χ4n) is 8.06. The summed E-state index contributed by atoms with van der Waals surface area (Å²) >= 11 is 0. The van der Waals surface area contributed by atoms with Crippen LogP contribution in [-0.4, -0.2) is 41.2 Å². The van der Waals surface area contributed by atoms with Crippen molar-refractivity contribution in [3.63, 3.8) is 0 Å². The number of carbonyl (C=O) groups excluding carboxylic acids is 1. The highest BCUT2D eigenvalue weighted by molar-refractivity contribution is 5.75. The molecule has 2 bridgehead atoms. The Balaban J connectivity index is 1.03. The van der Waals surface area contributed by atoms with Gasteiger partial charge in [0.05, 0.1) is 6.04 Å². The third-order valence-corrected chi connectivity index (χ3v) is 10.3. The van der Waals surface area contributed by atoms with Gasteiger partial charge in [-0.25, -0.2) is 4.79 Å². The highest BCUT2D eigenvalue weighted by Gasteiger charge is 2.43. The Bertz CT molecular complexity index is 1280. The second-order valence-electron chi connectivity index (χ2n) is 13.3. The van der Waals surface area contributed by atoms with Gasteiger partial charge in [0.15, 0.2) is 0 Å². The fourth-order valence-corrected chi connectivity index (χ4v) is 8.06. The van der Waals surface area contributed by atoms with Gasteiger partial charge in [-0.15, -0.1) is 0 Å². The molecule has 42 heavy (non-hydrogen) atoms. The maximum absolute atomic E-state index is 13.4. The normalized spacial score (nSPS) is 24.7. The quantitative estimate of drug-likeness (QED) is 0.259. The molecule has 1 saturated carbocycles. The minimum absolute atomic E-state index is 0.00826. The smallest absolute Gasteiger partial charge is 0.315 e. The Morgan fingerprint density at radius 1 is 0.833 bits per heavy atom. The lowest BCUT2D eigenvalue weighted by atomic mass is 9.74. The number of rotatable bonds is 9. The summed E-state index contributed by atoms with van der Waals surface area (Å²) in [4.78, 5) is 16.1. The molecule has 5 nitrogen and oxygen atoms in total. The largest absolute Gasteiger partial charge is 0.378 e. The van der Waals surface area contributed by atoms with Gasteiger partial charge in [-0.2, -0.15) is 0 Å². The SMILES string of the molecule is CC(C)[C@@H](NC(=O)NC1CCC(CCN2C[C@@H]3CC[C@H]2c2ccccc23)CC1)C(O)(c1ccccc1)c1ccccc1. The van der Waals surface area contributed by atoms with Crippen molar-refractivity contribution in [3.05, 3.63) is 107 Å². The zero-order valence-corrected chi connectivity index (χ0v) is 25.2. The van der Waals surface area contributed by atoms with E-state index in [9.17, 15) is 9.90 Å². The maximum atomic E-state index is 13.4. The lowest BCUT2D eigenvalue weighted by Gasteiger charge is -2.47. The van der Waals surface area contributed by atoms with Gasteiger partial charge in [0.1, 0.15) is 5.60 Å². The molecule has 222 valence electrons. The number of benzene rings is 3. The first kappa shape index (κ1) is 28.9. The molecule has 0 radical (unpaired) electrons. The summed E-state index contributed by atoms with van der Waals surface area (Å²) < 4.78 is 0. The van der Waals surface area contributed by atoms with Crippen LogP contribution < -0.4 is 10.6 Å². The zero-order valence-electron chi connectivity index (χ0n) is 25.2. The van der Waals surface area contributed by atoms with Crippen LogP contribution in [-0.2, 0) is 5.60 Å². The Kier molecular flexibility index (Phi) is 8.69. The molecule has 2 heterocycles. The van der Waals surface area contributed by atoms with Gasteiger partial charge in [0.2, 0.25) is 0 Å². The molecular weight excluding hydrogens is 518 g/mol. The van der Waals surface area contributed by atoms with Crippen molar-refractivity contribution in [2.75, 3.05) is 13.1 Å². The molecule has 5 heteroatoms. The average molecular weight is 566 g/mol. The van der Waals surface area contributed by atoms with E-state index in [1.165, 1.54) is 32.4 Å². The van der Waals surface area contributed by atoms with Crippen LogP contribution in [0.4, 0.5) is 4.79 Å². The number of fused-ring (bicyclic) bond motifs is 2. The zero-order chi connectivity index (χ0) is 29.1. The monoisotopic (exact) mass is 565 g/mol. The molecule has 0 spiro atoms. The van der Waals surface area contributed by atoms with Gasteiger partial charge >= 0.3 is 6.03 Å². The summed E-state index contributed by atoms with van der Waals surface area (Å²) in [6.45, 7) is 6.51. The Labute approximate surface area is 251 Å². The van der Waals surface area contributed by atoms with E-state index in [-0.39, 0.29) is 18.0 Å². The molecule has 2 amide bonds. The Hall–Kier alpha value is -3.15. The van der Waals surface area contributed by atoms with E-state index in [1.54, 1.807) is 11.1 Å². The summed E-state index contributed by atoms with van der Waals surface area (Å²) in [5.74, 6) is 1.45. The molecule has 2 fully saturated rings. The second kappa shape index (κ2) is 12.6. The first-order valence-corrected chi connectivity index (χ1v) is 16.2. The lowest BCUT2D eigenvalue weighted by Crippen LogP contribution is -2.57. The van der Waals surface area contributed by atoms with Crippen molar-refractivity contribution in [2.24, 2.45) is 11.8 Å². The van der Waals surface area contributed by atoms with Gasteiger partial charge in [-0.3, -0.25) is 4.90 Å². The van der Waals surface area contributed by atoms with Crippen molar-refractivity contribution < 1.29 is 9.90 Å². The van der Waals surface area contributed by atoms with E-state index in [0.29, 0.717) is 12.0 Å². The van der Waals surface area contributed by atoms with Crippen LogP contribution in [0.3, 0.4) is 0 Å². The van der Waals surface area contributed by atoms with Crippen LogP contribution in [0, 0.1) is 11.8 Å². The number of nitrogens with one attached hydrogen (secondary N) is 2. The van der Waals surface area contributed by atoms with E-state index >= 15 is 0 Å². The van der Waals surface area contributed by atoms with E-state index in [2.05, 4.69) is 53.6 Å². The summed E-state index contributed by atoms with van der Waals surface area (Å²) in [5.41, 5.74) is 3.38. The van der Waals surface area contributed by atoms with Crippen molar-refractivity contribution in [1.82, 2.24) is 15.5 Å². The van der Waals surface area contributed by atoms with Crippen molar-refractivity contribution in [2.45, 2.75) is 88.4 Å². The van der Waals surface area contributed by atoms with Crippen LogP contribution in [0.25, 0.3) is 0 Å². The van der Waals surface area contributed by atoms with Crippen molar-refractivity contribution >= 4 is 6.03 Å². The first-order chi connectivity index (χ1) is 20.4. The molecule has 0 unspecified atom stereocenters. The standard InChI is InChI=1S/C37H47N3O2/c1-26(2)35(37(42,29-11-5-3-6-12-29)30-13-7-4-8-14-30)39-36(41)38-31-20-17-27(18-21-31)23-24-40-25-28-19-22-34(40)33-16-10-9-15-32(28)33/h3-16,26-28,31,34-35,42H,17-25H2,1-2H3,(H2,38,39,41)/t27?,28-,31?,34-,35+/m0/s1. The molecule has 3 atom stereocenters. The van der Waals surface area contributed by atoms with E-state index in [1.807, 2.05) is 60.7 Å². The summed E-state index contributed by atoms with van der Waals surface area (Å²) in [5, 5.41) is 18.8. The maximum Gasteiger partial charge on any atom is 0.315 e. The van der Waals surface area contributed by atoms with Crippen LogP contribution in [0.2, 0.25) is 0 Å². The van der Waals surface area contributed by atoms with Crippen LogP contribution in [0.1, 0.15) is 93.0 Å². The second-order valence-corrected chi connectivity index (χ2v) is 13.3. The number of piperidine rings is 1. The molecule has 3 N–H and O–H groups in total. The summed E-state index contributed by atoms with van der Waals surface area (Å²) in [6.07, 6.45) is 8.24. The van der Waals surface area contributed by atoms with Gasteiger partial charge in [-0.05, 0) is 91.5 Å². The predicted molar refractivity (Wildman–Crippen MR) is 169 cm³/mol. The minimum Gasteiger partial charge on any atom is -0.378 e. The van der Waals surface area contributed by atoms with Crippen LogP contribution in [0.5, 0.6) is 0 Å². The number of aliphatic hydroxyl groups is 1. The van der Waals surface area contributed by atoms with Crippen LogP contribution in [0.15, 0.2) is 84.9 Å². The molecule has 2 aliphatic carbocycles. The van der Waals surface area contributed by atoms with Gasteiger partial charge in [-0.1, -0.05) is 98.8 Å². The third kappa shape index (κ3) is 5.87. The number of carbonyl (C=O) groups is 1. The topological polar surface area (TPSA) is 64.6 Å². The number of urea groups is 1. The van der Waals surface area contributed by atoms with E-state index < -0.39 is 11.6 Å². The number of hydrogen-bond acceptors (Lipinski definition) is 3. The van der Waals surface area contributed by atoms with Crippen molar-refractivity contribution in [3.8, 4) is 0 Å². The molecule has 4 aliphatic rings. The van der Waals surface area contributed by atoms with E-state index in [0.717, 1.165) is 42.7 Å². The third-order valence-electron chi connectivity index (χ3n) is 10.3. The number of amides is 2. The molecule has 1 saturated heterocycles. The predicted octanol–water partition coefficient (Wildman–Crippen LogP) is 7.13. The number of nitrogens with zero attached hydrogens (tertiary/aromatic N) is 1. The lowest BCUT2D eigenvalue weighted by molar-refractivity contribution is 0.0232. The molecule has 3 aromatic carbocycles.